The third kappa shape index (κ3) is 4.76. The molecule has 1 aliphatic heterocycles. The van der Waals surface area contributed by atoms with Crippen molar-refractivity contribution in [2.45, 2.75) is 24.4 Å². The molecule has 0 fully saturated rings. The van der Waals surface area contributed by atoms with E-state index in [2.05, 4.69) is 21.5 Å². The van der Waals surface area contributed by atoms with Gasteiger partial charge in [0, 0.05) is 43.8 Å². The SMILES string of the molecule is COCCC(C#N)(c1ccccc1)c1ccc(NC(=O)C2CC(c3cccnc3)=NO2)cc1. The summed E-state index contributed by atoms with van der Waals surface area (Å²) in [4.78, 5) is 22.1. The molecule has 0 aliphatic carbocycles. The van der Waals surface area contributed by atoms with Crippen LogP contribution in [0.5, 0.6) is 0 Å². The van der Waals surface area contributed by atoms with Crippen molar-refractivity contribution >= 4 is 17.3 Å². The van der Waals surface area contributed by atoms with Gasteiger partial charge in [-0.25, -0.2) is 0 Å². The van der Waals surface area contributed by atoms with E-state index >= 15 is 0 Å². The van der Waals surface area contributed by atoms with E-state index in [0.717, 1.165) is 16.7 Å². The Kier molecular flexibility index (Phi) is 6.77. The molecule has 1 aromatic heterocycles. The molecule has 4 rings (SSSR count). The van der Waals surface area contributed by atoms with Crippen LogP contribution >= 0.6 is 0 Å². The van der Waals surface area contributed by atoms with Gasteiger partial charge >= 0.3 is 0 Å². The highest BCUT2D eigenvalue weighted by molar-refractivity contribution is 6.05. The minimum absolute atomic E-state index is 0.278. The number of carbonyl (C=O) groups is 1. The van der Waals surface area contributed by atoms with Crippen molar-refractivity contribution in [2.24, 2.45) is 5.16 Å². The van der Waals surface area contributed by atoms with Crippen LogP contribution in [0.4, 0.5) is 5.69 Å². The Hall–Kier alpha value is -4.02. The summed E-state index contributed by atoms with van der Waals surface area (Å²) in [5.41, 5.74) is 3.04. The lowest BCUT2D eigenvalue weighted by Gasteiger charge is -2.28. The summed E-state index contributed by atoms with van der Waals surface area (Å²) >= 11 is 0. The summed E-state index contributed by atoms with van der Waals surface area (Å²) in [6.45, 7) is 0.444. The van der Waals surface area contributed by atoms with E-state index in [4.69, 9.17) is 9.57 Å². The maximum absolute atomic E-state index is 12.7. The Morgan fingerprint density at radius 2 is 1.91 bits per heavy atom. The van der Waals surface area contributed by atoms with Crippen LogP contribution in [0.2, 0.25) is 0 Å². The quantitative estimate of drug-likeness (QED) is 0.570. The van der Waals surface area contributed by atoms with Gasteiger partial charge in [0.15, 0.2) is 0 Å². The van der Waals surface area contributed by atoms with Crippen LogP contribution in [0.3, 0.4) is 0 Å². The number of hydrogen-bond acceptors (Lipinski definition) is 6. The van der Waals surface area contributed by atoms with Gasteiger partial charge in [0.2, 0.25) is 6.10 Å². The fourth-order valence-corrected chi connectivity index (χ4v) is 3.90. The molecule has 3 aromatic rings. The van der Waals surface area contributed by atoms with Crippen molar-refractivity contribution in [1.29, 1.82) is 5.26 Å². The first-order valence-corrected chi connectivity index (χ1v) is 10.7. The number of rotatable bonds is 8. The van der Waals surface area contributed by atoms with Crippen molar-refractivity contribution in [1.82, 2.24) is 4.98 Å². The zero-order valence-corrected chi connectivity index (χ0v) is 18.3. The Morgan fingerprint density at radius 1 is 1.15 bits per heavy atom. The van der Waals surface area contributed by atoms with Gasteiger partial charge in [-0.2, -0.15) is 5.26 Å². The largest absolute Gasteiger partial charge is 0.385 e. The normalized spacial score (nSPS) is 16.7. The second kappa shape index (κ2) is 10.1. The van der Waals surface area contributed by atoms with Crippen LogP contribution < -0.4 is 5.32 Å². The molecule has 0 spiro atoms. The molecular weight excluding hydrogens is 416 g/mol. The number of carbonyl (C=O) groups excluding carboxylic acids is 1. The highest BCUT2D eigenvalue weighted by atomic mass is 16.6. The van der Waals surface area contributed by atoms with E-state index in [-0.39, 0.29) is 5.91 Å². The number of nitriles is 1. The summed E-state index contributed by atoms with van der Waals surface area (Å²) in [7, 11) is 1.63. The van der Waals surface area contributed by atoms with E-state index in [1.807, 2.05) is 54.6 Å². The van der Waals surface area contributed by atoms with Crippen molar-refractivity contribution in [3.05, 3.63) is 95.8 Å². The molecule has 2 aromatic carbocycles. The van der Waals surface area contributed by atoms with Crippen molar-refractivity contribution in [2.75, 3.05) is 19.0 Å². The molecular formula is C26H24N4O3. The number of hydrogen-bond donors (Lipinski definition) is 1. The first-order valence-electron chi connectivity index (χ1n) is 10.7. The zero-order valence-electron chi connectivity index (χ0n) is 18.3. The molecule has 1 amide bonds. The molecule has 166 valence electrons. The number of nitrogens with one attached hydrogen (secondary N) is 1. The molecule has 2 heterocycles. The summed E-state index contributed by atoms with van der Waals surface area (Å²) in [5.74, 6) is -0.278. The van der Waals surface area contributed by atoms with Gasteiger partial charge in [-0.05, 0) is 41.8 Å². The lowest BCUT2D eigenvalue weighted by atomic mass is 9.73. The number of nitrogens with zero attached hydrogens (tertiary/aromatic N) is 3. The van der Waals surface area contributed by atoms with Gasteiger partial charge in [0.05, 0.1) is 11.8 Å². The number of benzene rings is 2. The zero-order chi connectivity index (χ0) is 23.1. The predicted octanol–water partition coefficient (Wildman–Crippen LogP) is 4.06. The Bertz CT molecular complexity index is 1160. The van der Waals surface area contributed by atoms with E-state index < -0.39 is 11.5 Å². The van der Waals surface area contributed by atoms with Gasteiger partial charge in [-0.3, -0.25) is 9.78 Å². The average molecular weight is 441 g/mol. The van der Waals surface area contributed by atoms with E-state index in [1.165, 1.54) is 0 Å². The van der Waals surface area contributed by atoms with Gasteiger partial charge < -0.3 is 14.9 Å². The standard InChI is InChI=1S/C26H24N4O3/c1-32-15-13-26(18-27,20-7-3-2-4-8-20)21-9-11-22(12-10-21)29-25(31)24-16-23(30-33-24)19-6-5-14-28-17-19/h2-12,14,17,24H,13,15-16H2,1H3,(H,29,31). The molecule has 1 N–H and O–H groups in total. The summed E-state index contributed by atoms with van der Waals surface area (Å²) in [6.07, 6.45) is 3.56. The van der Waals surface area contributed by atoms with Crippen LogP contribution in [0, 0.1) is 11.3 Å². The van der Waals surface area contributed by atoms with Gasteiger partial charge in [-0.1, -0.05) is 47.6 Å². The first-order chi connectivity index (χ1) is 16.2. The minimum Gasteiger partial charge on any atom is -0.385 e. The molecule has 33 heavy (non-hydrogen) atoms. The van der Waals surface area contributed by atoms with Crippen molar-refractivity contribution < 1.29 is 14.4 Å². The Balaban J connectivity index is 1.47. The minimum atomic E-state index is -0.846. The van der Waals surface area contributed by atoms with Gasteiger partial charge in [-0.15, -0.1) is 0 Å². The first kappa shape index (κ1) is 22.2. The molecule has 2 unspecified atom stereocenters. The predicted molar refractivity (Wildman–Crippen MR) is 125 cm³/mol. The maximum atomic E-state index is 12.7. The second-order valence-corrected chi connectivity index (χ2v) is 7.77. The summed E-state index contributed by atoms with van der Waals surface area (Å²) in [6, 6.07) is 23.2. The average Bonchev–Trinajstić information content (AvgIpc) is 3.38. The van der Waals surface area contributed by atoms with E-state index in [9.17, 15) is 10.1 Å². The number of ether oxygens (including phenoxy) is 1. The highest BCUT2D eigenvalue weighted by Gasteiger charge is 2.34. The third-order valence-electron chi connectivity index (χ3n) is 5.74. The van der Waals surface area contributed by atoms with E-state index in [1.54, 1.807) is 31.6 Å². The smallest absolute Gasteiger partial charge is 0.268 e. The molecule has 0 bridgehead atoms. The Labute approximate surface area is 192 Å². The summed E-state index contributed by atoms with van der Waals surface area (Å²) < 4.78 is 5.28. The van der Waals surface area contributed by atoms with E-state index in [0.29, 0.717) is 30.8 Å². The van der Waals surface area contributed by atoms with Crippen molar-refractivity contribution in [3.63, 3.8) is 0 Å². The lowest BCUT2D eigenvalue weighted by molar-refractivity contribution is -0.125. The van der Waals surface area contributed by atoms with Crippen LogP contribution in [0.25, 0.3) is 0 Å². The molecule has 7 nitrogen and oxygen atoms in total. The van der Waals surface area contributed by atoms with Crippen LogP contribution in [0.1, 0.15) is 29.5 Å². The number of methoxy groups -OCH3 is 1. The third-order valence-corrected chi connectivity index (χ3v) is 5.74. The summed E-state index contributed by atoms with van der Waals surface area (Å²) in [5, 5.41) is 17.1. The van der Waals surface area contributed by atoms with Crippen LogP contribution in [0.15, 0.2) is 84.3 Å². The lowest BCUT2D eigenvalue weighted by Crippen LogP contribution is -2.29. The molecule has 0 radical (unpaired) electrons. The molecule has 0 saturated carbocycles. The van der Waals surface area contributed by atoms with Crippen LogP contribution in [-0.4, -0.2) is 36.4 Å². The highest BCUT2D eigenvalue weighted by Crippen LogP contribution is 2.36. The number of anilines is 1. The molecule has 0 saturated heterocycles. The monoisotopic (exact) mass is 440 g/mol. The van der Waals surface area contributed by atoms with Gasteiger partial charge in [0.1, 0.15) is 5.41 Å². The maximum Gasteiger partial charge on any atom is 0.268 e. The Morgan fingerprint density at radius 3 is 2.58 bits per heavy atom. The van der Waals surface area contributed by atoms with Gasteiger partial charge in [0.25, 0.3) is 5.91 Å². The number of pyridine rings is 1. The molecule has 2 atom stereocenters. The second-order valence-electron chi connectivity index (χ2n) is 7.77. The number of oxime groups is 1. The number of amides is 1. The molecule has 7 heteroatoms. The fourth-order valence-electron chi connectivity index (χ4n) is 3.90. The number of aromatic nitrogens is 1. The fraction of sp³-hybridized carbons (Fsp3) is 0.231. The topological polar surface area (TPSA) is 96.6 Å². The molecule has 1 aliphatic rings. The van der Waals surface area contributed by atoms with Crippen LogP contribution in [-0.2, 0) is 19.8 Å². The van der Waals surface area contributed by atoms with Crippen molar-refractivity contribution in [3.8, 4) is 6.07 Å².